The summed E-state index contributed by atoms with van der Waals surface area (Å²) in [5, 5.41) is 14.1. The second-order valence-electron chi connectivity index (χ2n) is 6.84. The number of para-hydroxylation sites is 1. The number of alkyl halides is 3. The predicted molar refractivity (Wildman–Crippen MR) is 99.1 cm³/mol. The summed E-state index contributed by atoms with van der Waals surface area (Å²) in [5.41, 5.74) is 6.27. The SMILES string of the molecule is Nc1cc(CC2C(C(=O)OC(=O)C(F)(F)F)NC2C(=O)[NH+]([O-])c2ccccc2)ccn1. The minimum atomic E-state index is -5.35. The molecule has 1 aliphatic heterocycles. The zero-order valence-corrected chi connectivity index (χ0v) is 15.8. The van der Waals surface area contributed by atoms with Gasteiger partial charge in [0.05, 0.1) is 0 Å². The van der Waals surface area contributed by atoms with Crippen LogP contribution in [0.2, 0.25) is 0 Å². The van der Waals surface area contributed by atoms with E-state index in [0.717, 1.165) is 0 Å². The molecule has 164 valence electrons. The van der Waals surface area contributed by atoms with Gasteiger partial charge in [-0.15, -0.1) is 0 Å². The molecule has 0 bridgehead atoms. The van der Waals surface area contributed by atoms with Crippen LogP contribution in [0.4, 0.5) is 24.7 Å². The molecule has 1 amide bonds. The Kier molecular flexibility index (Phi) is 6.34. The molecule has 1 aliphatic rings. The van der Waals surface area contributed by atoms with Crippen LogP contribution in [-0.4, -0.2) is 41.1 Å². The van der Waals surface area contributed by atoms with Crippen molar-refractivity contribution in [1.82, 2.24) is 10.3 Å². The number of hydrogen-bond acceptors (Lipinski definition) is 8. The molecular weight excluding hydrogens is 421 g/mol. The largest absolute Gasteiger partial charge is 0.621 e. The monoisotopic (exact) mass is 438 g/mol. The van der Waals surface area contributed by atoms with Gasteiger partial charge in [0, 0.05) is 12.1 Å². The number of nitrogen functional groups attached to an aromatic ring is 1. The van der Waals surface area contributed by atoms with Crippen molar-refractivity contribution in [1.29, 1.82) is 0 Å². The topological polar surface area (TPSA) is 139 Å². The number of hydroxylamine groups is 1. The first-order chi connectivity index (χ1) is 14.6. The van der Waals surface area contributed by atoms with Gasteiger partial charge < -0.3 is 15.7 Å². The molecule has 2 aromatic rings. The summed E-state index contributed by atoms with van der Waals surface area (Å²) in [7, 11) is 0. The van der Waals surface area contributed by atoms with Crippen LogP contribution in [0.15, 0.2) is 48.7 Å². The Morgan fingerprint density at radius 2 is 1.84 bits per heavy atom. The van der Waals surface area contributed by atoms with E-state index in [1.165, 1.54) is 24.4 Å². The highest BCUT2D eigenvalue weighted by atomic mass is 19.4. The molecule has 4 N–H and O–H groups in total. The molecule has 1 fully saturated rings. The number of pyridine rings is 1. The van der Waals surface area contributed by atoms with Crippen LogP contribution in [0.5, 0.6) is 0 Å². The molecule has 0 spiro atoms. The molecule has 0 aliphatic carbocycles. The summed E-state index contributed by atoms with van der Waals surface area (Å²) < 4.78 is 41.1. The molecule has 1 aromatic carbocycles. The Morgan fingerprint density at radius 1 is 1.16 bits per heavy atom. The average Bonchev–Trinajstić information content (AvgIpc) is 2.70. The van der Waals surface area contributed by atoms with Gasteiger partial charge in [0.15, 0.2) is 0 Å². The normalized spacial score (nSPS) is 21.6. The third-order valence-corrected chi connectivity index (χ3v) is 4.75. The van der Waals surface area contributed by atoms with Crippen LogP contribution in [0, 0.1) is 11.1 Å². The Morgan fingerprint density at radius 3 is 2.45 bits per heavy atom. The first-order valence-electron chi connectivity index (χ1n) is 9.01. The highest BCUT2D eigenvalue weighted by molar-refractivity contribution is 5.93. The van der Waals surface area contributed by atoms with Crippen molar-refractivity contribution < 1.29 is 37.4 Å². The van der Waals surface area contributed by atoms with Crippen molar-refractivity contribution in [3.63, 3.8) is 0 Å². The maximum absolute atomic E-state index is 12.7. The maximum Gasteiger partial charge on any atom is 0.491 e. The fourth-order valence-corrected chi connectivity index (χ4v) is 3.24. The van der Waals surface area contributed by atoms with Crippen molar-refractivity contribution in [2.45, 2.75) is 24.7 Å². The van der Waals surface area contributed by atoms with Gasteiger partial charge in [0.2, 0.25) is 0 Å². The number of carbonyl (C=O) groups is 3. The summed E-state index contributed by atoms with van der Waals surface area (Å²) in [6, 6.07) is 8.09. The van der Waals surface area contributed by atoms with E-state index < -0.39 is 47.1 Å². The van der Waals surface area contributed by atoms with Crippen LogP contribution >= 0.6 is 0 Å². The molecular formula is C19H17F3N4O5. The van der Waals surface area contributed by atoms with E-state index in [1.54, 1.807) is 24.3 Å². The van der Waals surface area contributed by atoms with Gasteiger partial charge in [-0.2, -0.15) is 13.2 Å². The number of amides is 1. The number of nitrogens with one attached hydrogen (secondary N) is 2. The Hall–Kier alpha value is -3.35. The second kappa shape index (κ2) is 8.79. The van der Waals surface area contributed by atoms with Gasteiger partial charge in [-0.05, 0) is 36.2 Å². The van der Waals surface area contributed by atoms with Gasteiger partial charge in [-0.25, -0.2) is 19.4 Å². The number of rotatable bonds is 5. The van der Waals surface area contributed by atoms with E-state index in [-0.39, 0.29) is 17.9 Å². The van der Waals surface area contributed by atoms with Gasteiger partial charge in [0.25, 0.3) is 0 Å². The molecule has 1 aromatic heterocycles. The summed E-state index contributed by atoms with van der Waals surface area (Å²) in [4.78, 5) is 39.6. The molecule has 9 nitrogen and oxygen atoms in total. The number of ether oxygens (including phenoxy) is 1. The number of anilines is 1. The van der Waals surface area contributed by atoms with Crippen molar-refractivity contribution in [2.24, 2.45) is 5.92 Å². The molecule has 0 radical (unpaired) electrons. The maximum atomic E-state index is 12.7. The summed E-state index contributed by atoms with van der Waals surface area (Å²) >= 11 is 0. The molecule has 0 saturated carbocycles. The van der Waals surface area contributed by atoms with Crippen molar-refractivity contribution in [3.05, 3.63) is 59.4 Å². The van der Waals surface area contributed by atoms with Gasteiger partial charge >= 0.3 is 24.0 Å². The number of benzene rings is 1. The van der Waals surface area contributed by atoms with Crippen LogP contribution in [-0.2, 0) is 25.5 Å². The number of esters is 2. The molecule has 12 heteroatoms. The standard InChI is InChI=1S/C19H17F3N4O5/c20-19(21,22)18(29)31-17(28)15-12(8-10-6-7-24-13(23)9-10)14(25-15)16(27)26(30)11-4-2-1-3-5-11/h1-7,9,12,14-15,25-26H,8H2,(H2,23,24). The van der Waals surface area contributed by atoms with E-state index >= 15 is 0 Å². The Bertz CT molecular complexity index is 986. The number of hydrogen-bond donors (Lipinski definition) is 3. The fourth-order valence-electron chi connectivity index (χ4n) is 3.24. The number of carbonyl (C=O) groups excluding carboxylic acids is 3. The van der Waals surface area contributed by atoms with E-state index in [2.05, 4.69) is 15.0 Å². The number of quaternary nitrogens is 1. The van der Waals surface area contributed by atoms with Crippen LogP contribution in [0.1, 0.15) is 5.56 Å². The van der Waals surface area contributed by atoms with E-state index in [9.17, 15) is 32.8 Å². The molecule has 31 heavy (non-hydrogen) atoms. The third kappa shape index (κ3) is 5.05. The zero-order valence-electron chi connectivity index (χ0n) is 15.8. The second-order valence-corrected chi connectivity index (χ2v) is 6.84. The predicted octanol–water partition coefficient (Wildman–Crippen LogP) is 0.0360. The Balaban J connectivity index is 1.80. The number of aromatic nitrogens is 1. The van der Waals surface area contributed by atoms with E-state index in [4.69, 9.17) is 5.73 Å². The molecule has 4 atom stereocenters. The van der Waals surface area contributed by atoms with Crippen LogP contribution < -0.4 is 16.1 Å². The molecule has 2 heterocycles. The van der Waals surface area contributed by atoms with Crippen molar-refractivity contribution >= 4 is 29.4 Å². The lowest BCUT2D eigenvalue weighted by molar-refractivity contribution is -0.691. The van der Waals surface area contributed by atoms with Gasteiger partial charge in [-0.3, -0.25) is 10.4 Å². The zero-order chi connectivity index (χ0) is 22.8. The highest BCUT2D eigenvalue weighted by Crippen LogP contribution is 2.28. The average molecular weight is 438 g/mol. The lowest BCUT2D eigenvalue weighted by Gasteiger charge is -2.43. The van der Waals surface area contributed by atoms with Crippen molar-refractivity contribution in [2.75, 3.05) is 5.73 Å². The van der Waals surface area contributed by atoms with Crippen LogP contribution in [0.25, 0.3) is 0 Å². The van der Waals surface area contributed by atoms with Gasteiger partial charge in [-0.1, -0.05) is 18.2 Å². The Labute approximate surface area is 173 Å². The third-order valence-electron chi connectivity index (χ3n) is 4.75. The van der Waals surface area contributed by atoms with Crippen LogP contribution in [0.3, 0.4) is 0 Å². The number of nitrogens with zero attached hydrogens (tertiary/aromatic N) is 1. The molecule has 4 unspecified atom stereocenters. The lowest BCUT2D eigenvalue weighted by Crippen LogP contribution is -3.08. The summed E-state index contributed by atoms with van der Waals surface area (Å²) in [6.45, 7) is 0. The smallest absolute Gasteiger partial charge is 0.491 e. The van der Waals surface area contributed by atoms with Crippen molar-refractivity contribution in [3.8, 4) is 0 Å². The van der Waals surface area contributed by atoms with Gasteiger partial charge in [0.1, 0.15) is 23.6 Å². The minimum absolute atomic E-state index is 0.00181. The van der Waals surface area contributed by atoms with E-state index in [1.807, 2.05) is 0 Å². The number of nitrogens with two attached hydrogens (primary N) is 1. The molecule has 1 saturated heterocycles. The first kappa shape index (κ1) is 22.3. The molecule has 3 rings (SSSR count). The first-order valence-corrected chi connectivity index (χ1v) is 9.01. The summed E-state index contributed by atoms with van der Waals surface area (Å²) in [5.74, 6) is -5.83. The fraction of sp³-hybridized carbons (Fsp3) is 0.263. The summed E-state index contributed by atoms with van der Waals surface area (Å²) in [6.07, 6.45) is -3.98. The highest BCUT2D eigenvalue weighted by Gasteiger charge is 2.53. The lowest BCUT2D eigenvalue weighted by atomic mass is 9.77. The van der Waals surface area contributed by atoms with E-state index in [0.29, 0.717) is 5.56 Å². The quantitative estimate of drug-likeness (QED) is 0.338. The number of halogens is 3. The minimum Gasteiger partial charge on any atom is -0.621 e.